The lowest BCUT2D eigenvalue weighted by Crippen LogP contribution is -1.97. The number of halogens is 1. The number of hydrogen-bond acceptors (Lipinski definition) is 4. The molecule has 1 aromatic carbocycles. The van der Waals surface area contributed by atoms with E-state index in [0.717, 1.165) is 16.5 Å². The number of nitrogen functional groups attached to an aromatic ring is 1. The molecule has 5 nitrogen and oxygen atoms in total. The highest BCUT2D eigenvalue weighted by Crippen LogP contribution is 2.28. The van der Waals surface area contributed by atoms with Crippen molar-refractivity contribution in [1.82, 2.24) is 19.5 Å². The van der Waals surface area contributed by atoms with Crippen LogP contribution < -0.4 is 5.73 Å². The van der Waals surface area contributed by atoms with Gasteiger partial charge in [-0.25, -0.2) is 14.4 Å². The molecular formula is C12H10FN5. The van der Waals surface area contributed by atoms with Crippen molar-refractivity contribution >= 4 is 16.9 Å². The minimum atomic E-state index is -0.294. The summed E-state index contributed by atoms with van der Waals surface area (Å²) < 4.78 is 15.2. The Kier molecular flexibility index (Phi) is 2.22. The van der Waals surface area contributed by atoms with Crippen molar-refractivity contribution in [1.29, 1.82) is 0 Å². The van der Waals surface area contributed by atoms with Gasteiger partial charge in [0.1, 0.15) is 12.1 Å². The van der Waals surface area contributed by atoms with E-state index in [-0.39, 0.29) is 11.8 Å². The number of anilines is 1. The molecule has 0 bridgehead atoms. The molecular weight excluding hydrogens is 233 g/mol. The van der Waals surface area contributed by atoms with Gasteiger partial charge >= 0.3 is 0 Å². The van der Waals surface area contributed by atoms with Crippen LogP contribution in [-0.2, 0) is 7.05 Å². The minimum absolute atomic E-state index is 0.147. The van der Waals surface area contributed by atoms with E-state index in [0.29, 0.717) is 5.82 Å². The molecule has 0 saturated heterocycles. The van der Waals surface area contributed by atoms with Crippen LogP contribution in [0.2, 0.25) is 0 Å². The number of nitrogens with zero attached hydrogens (tertiary/aromatic N) is 4. The van der Waals surface area contributed by atoms with Gasteiger partial charge in [0, 0.05) is 29.7 Å². The van der Waals surface area contributed by atoms with E-state index in [1.54, 1.807) is 6.07 Å². The number of aromatic nitrogens is 4. The zero-order valence-corrected chi connectivity index (χ0v) is 9.63. The van der Waals surface area contributed by atoms with E-state index >= 15 is 0 Å². The predicted octanol–water partition coefficient (Wildman–Crippen LogP) is 1.75. The first kappa shape index (κ1) is 10.6. The summed E-state index contributed by atoms with van der Waals surface area (Å²) in [6.07, 6.45) is 3.19. The Morgan fingerprint density at radius 2 is 2.11 bits per heavy atom. The van der Waals surface area contributed by atoms with Gasteiger partial charge in [0.05, 0.1) is 0 Å². The van der Waals surface area contributed by atoms with E-state index in [9.17, 15) is 4.39 Å². The van der Waals surface area contributed by atoms with Crippen LogP contribution in [0.4, 0.5) is 10.3 Å². The summed E-state index contributed by atoms with van der Waals surface area (Å²) >= 11 is 0. The van der Waals surface area contributed by atoms with Gasteiger partial charge in [-0.2, -0.15) is 4.98 Å². The zero-order valence-electron chi connectivity index (χ0n) is 9.63. The summed E-state index contributed by atoms with van der Waals surface area (Å²) in [5, 5.41) is 0.753. The standard InChI is InChI=1S/C12H10FN5/c1-18-5-9(11-15-6-16-12(14)17-11)8-4-7(13)2-3-10(8)18/h2-6H,1H3,(H2,14,15,16,17). The third kappa shape index (κ3) is 1.58. The number of fused-ring (bicyclic) bond motifs is 1. The molecule has 0 amide bonds. The summed E-state index contributed by atoms with van der Waals surface area (Å²) in [5.41, 5.74) is 7.18. The van der Waals surface area contributed by atoms with Crippen molar-refractivity contribution in [3.8, 4) is 11.4 Å². The van der Waals surface area contributed by atoms with Gasteiger partial charge in [0.25, 0.3) is 0 Å². The van der Waals surface area contributed by atoms with Crippen molar-refractivity contribution in [3.05, 3.63) is 36.5 Å². The molecule has 90 valence electrons. The van der Waals surface area contributed by atoms with E-state index in [2.05, 4.69) is 15.0 Å². The second kappa shape index (κ2) is 3.76. The lowest BCUT2D eigenvalue weighted by Gasteiger charge is -1.98. The Labute approximate surface area is 102 Å². The minimum Gasteiger partial charge on any atom is -0.368 e. The fourth-order valence-corrected chi connectivity index (χ4v) is 1.98. The Morgan fingerprint density at radius 3 is 2.89 bits per heavy atom. The normalized spacial score (nSPS) is 11.0. The van der Waals surface area contributed by atoms with Crippen LogP contribution in [0, 0.1) is 5.82 Å². The number of hydrogen-bond donors (Lipinski definition) is 1. The van der Waals surface area contributed by atoms with Crippen LogP contribution in [0.15, 0.2) is 30.7 Å². The van der Waals surface area contributed by atoms with Crippen molar-refractivity contribution < 1.29 is 4.39 Å². The van der Waals surface area contributed by atoms with Crippen molar-refractivity contribution in [2.24, 2.45) is 7.05 Å². The average Bonchev–Trinajstić information content (AvgIpc) is 2.66. The van der Waals surface area contributed by atoms with Gasteiger partial charge in [-0.3, -0.25) is 0 Å². The summed E-state index contributed by atoms with van der Waals surface area (Å²) in [5.74, 6) is 0.295. The van der Waals surface area contributed by atoms with Crippen molar-refractivity contribution in [2.75, 3.05) is 5.73 Å². The molecule has 0 unspecified atom stereocenters. The Morgan fingerprint density at radius 1 is 1.28 bits per heavy atom. The van der Waals surface area contributed by atoms with Crippen molar-refractivity contribution in [3.63, 3.8) is 0 Å². The predicted molar refractivity (Wildman–Crippen MR) is 66.1 cm³/mol. The average molecular weight is 243 g/mol. The molecule has 2 heterocycles. The second-order valence-electron chi connectivity index (χ2n) is 3.98. The zero-order chi connectivity index (χ0) is 12.7. The number of benzene rings is 1. The van der Waals surface area contributed by atoms with Crippen LogP contribution in [0.25, 0.3) is 22.3 Å². The maximum Gasteiger partial charge on any atom is 0.223 e. The van der Waals surface area contributed by atoms with Gasteiger partial charge in [0.15, 0.2) is 5.82 Å². The molecule has 2 N–H and O–H groups in total. The second-order valence-corrected chi connectivity index (χ2v) is 3.98. The van der Waals surface area contributed by atoms with Gasteiger partial charge in [0.2, 0.25) is 5.95 Å². The monoisotopic (exact) mass is 243 g/mol. The maximum atomic E-state index is 13.3. The van der Waals surface area contributed by atoms with Crippen LogP contribution in [0.3, 0.4) is 0 Å². The highest BCUT2D eigenvalue weighted by Gasteiger charge is 2.12. The number of aryl methyl sites for hydroxylation is 1. The Balaban J connectivity index is 2.32. The van der Waals surface area contributed by atoms with Crippen LogP contribution in [0.5, 0.6) is 0 Å². The molecule has 18 heavy (non-hydrogen) atoms. The van der Waals surface area contributed by atoms with Crippen LogP contribution >= 0.6 is 0 Å². The van der Waals surface area contributed by atoms with Gasteiger partial charge in [-0.05, 0) is 18.2 Å². The fraction of sp³-hybridized carbons (Fsp3) is 0.0833. The lowest BCUT2D eigenvalue weighted by atomic mass is 10.1. The highest BCUT2D eigenvalue weighted by atomic mass is 19.1. The van der Waals surface area contributed by atoms with Crippen LogP contribution in [0.1, 0.15) is 0 Å². The summed E-state index contributed by atoms with van der Waals surface area (Å²) in [4.78, 5) is 11.9. The largest absolute Gasteiger partial charge is 0.368 e. The summed E-state index contributed by atoms with van der Waals surface area (Å²) in [6, 6.07) is 4.61. The first-order chi connectivity index (χ1) is 8.65. The topological polar surface area (TPSA) is 69.6 Å². The fourth-order valence-electron chi connectivity index (χ4n) is 1.98. The third-order valence-corrected chi connectivity index (χ3v) is 2.78. The molecule has 0 aliphatic carbocycles. The maximum absolute atomic E-state index is 13.3. The molecule has 3 rings (SSSR count). The van der Waals surface area contributed by atoms with Crippen molar-refractivity contribution in [2.45, 2.75) is 0 Å². The molecule has 0 spiro atoms. The molecule has 6 heteroatoms. The van der Waals surface area contributed by atoms with Gasteiger partial charge < -0.3 is 10.3 Å². The van der Waals surface area contributed by atoms with E-state index in [1.807, 2.05) is 17.8 Å². The molecule has 0 aliphatic heterocycles. The molecule has 0 saturated carbocycles. The third-order valence-electron chi connectivity index (χ3n) is 2.78. The Bertz CT molecular complexity index is 734. The summed E-state index contributed by atoms with van der Waals surface area (Å²) in [6.45, 7) is 0. The van der Waals surface area contributed by atoms with Crippen LogP contribution in [-0.4, -0.2) is 19.5 Å². The number of nitrogens with two attached hydrogens (primary N) is 1. The van der Waals surface area contributed by atoms with Gasteiger partial charge in [-0.15, -0.1) is 0 Å². The Hall–Kier alpha value is -2.50. The van der Waals surface area contributed by atoms with E-state index in [1.165, 1.54) is 18.5 Å². The summed E-state index contributed by atoms with van der Waals surface area (Å²) in [7, 11) is 1.88. The van der Waals surface area contributed by atoms with E-state index in [4.69, 9.17) is 5.73 Å². The molecule has 0 radical (unpaired) electrons. The first-order valence-electron chi connectivity index (χ1n) is 5.34. The van der Waals surface area contributed by atoms with Gasteiger partial charge in [-0.1, -0.05) is 0 Å². The quantitative estimate of drug-likeness (QED) is 0.707. The number of rotatable bonds is 1. The first-order valence-corrected chi connectivity index (χ1v) is 5.34. The molecule has 3 aromatic rings. The highest BCUT2D eigenvalue weighted by molar-refractivity contribution is 5.94. The molecule has 0 aliphatic rings. The molecule has 2 aromatic heterocycles. The molecule has 0 fully saturated rings. The smallest absolute Gasteiger partial charge is 0.223 e. The SMILES string of the molecule is Cn1cc(-c2ncnc(N)n2)c2cc(F)ccc21. The lowest BCUT2D eigenvalue weighted by molar-refractivity contribution is 0.629. The van der Waals surface area contributed by atoms with E-state index < -0.39 is 0 Å². The molecule has 0 atom stereocenters.